The molecule has 0 amide bonds. The fourth-order valence-electron chi connectivity index (χ4n) is 1.33. The second-order valence-corrected chi connectivity index (χ2v) is 4.09. The van der Waals surface area contributed by atoms with E-state index >= 15 is 0 Å². The lowest BCUT2D eigenvalue weighted by Gasteiger charge is -2.13. The van der Waals surface area contributed by atoms with Gasteiger partial charge in [0.25, 0.3) is 0 Å². The topological polar surface area (TPSA) is 116 Å². The number of nitro groups is 1. The van der Waals surface area contributed by atoms with Crippen LogP contribution in [0.5, 0.6) is 5.75 Å². The molecule has 1 aromatic rings. The van der Waals surface area contributed by atoms with E-state index < -0.39 is 34.4 Å². The van der Waals surface area contributed by atoms with Crippen molar-refractivity contribution in [2.45, 2.75) is 13.0 Å². The maximum atomic E-state index is 11.6. The molecule has 0 radical (unpaired) electrons. The minimum absolute atomic E-state index is 0.0765. The highest BCUT2D eigenvalue weighted by Gasteiger charge is 2.28. The van der Waals surface area contributed by atoms with E-state index in [1.807, 2.05) is 0 Å². The van der Waals surface area contributed by atoms with Gasteiger partial charge in [0.05, 0.1) is 12.0 Å². The zero-order valence-electron chi connectivity index (χ0n) is 10.5. The smallest absolute Gasteiger partial charge is 0.344 e. The van der Waals surface area contributed by atoms with E-state index in [0.717, 1.165) is 19.2 Å². The third-order valence-corrected chi connectivity index (χ3v) is 2.50. The number of esters is 1. The molecule has 0 heterocycles. The van der Waals surface area contributed by atoms with Gasteiger partial charge in [0.2, 0.25) is 5.75 Å². The number of benzene rings is 1. The first-order chi connectivity index (χ1) is 9.27. The Kier molecular flexibility index (Phi) is 4.87. The summed E-state index contributed by atoms with van der Waals surface area (Å²) in [5, 5.41) is 19.7. The van der Waals surface area contributed by atoms with Gasteiger partial charge in [-0.15, -0.1) is 0 Å². The molecule has 1 atom stereocenters. The van der Waals surface area contributed by atoms with Crippen LogP contribution in [0.2, 0.25) is 5.02 Å². The molecule has 0 saturated carbocycles. The highest BCUT2D eigenvalue weighted by atomic mass is 35.5. The zero-order chi connectivity index (χ0) is 15.4. The fraction of sp³-hybridized carbons (Fsp3) is 0.273. The summed E-state index contributed by atoms with van der Waals surface area (Å²) in [6.45, 7) is 1.17. The molecular formula is C11H10ClNO7. The Morgan fingerprint density at radius 1 is 1.45 bits per heavy atom. The van der Waals surface area contributed by atoms with Crippen molar-refractivity contribution in [1.82, 2.24) is 0 Å². The van der Waals surface area contributed by atoms with E-state index in [4.69, 9.17) is 21.4 Å². The molecule has 20 heavy (non-hydrogen) atoms. The molecule has 0 saturated heterocycles. The third kappa shape index (κ3) is 3.35. The second kappa shape index (κ2) is 6.20. The second-order valence-electron chi connectivity index (χ2n) is 3.65. The molecule has 8 nitrogen and oxygen atoms in total. The minimum Gasteiger partial charge on any atom is -0.479 e. The molecule has 0 bridgehead atoms. The van der Waals surface area contributed by atoms with Crippen molar-refractivity contribution in [1.29, 1.82) is 0 Å². The Balaban J connectivity index is 3.45. The summed E-state index contributed by atoms with van der Waals surface area (Å²) in [7, 11) is 1.07. The number of nitrogens with zero attached hydrogens (tertiary/aromatic N) is 1. The lowest BCUT2D eigenvalue weighted by Crippen LogP contribution is -2.24. The van der Waals surface area contributed by atoms with Gasteiger partial charge in [-0.3, -0.25) is 10.1 Å². The SMILES string of the molecule is COC(=O)c1cc(Cl)cc([N+](=O)[O-])c1OC(C)C(=O)O. The predicted octanol–water partition coefficient (Wildman–Crippen LogP) is 1.89. The number of halogens is 1. The monoisotopic (exact) mass is 303 g/mol. The largest absolute Gasteiger partial charge is 0.479 e. The molecule has 0 aromatic heterocycles. The summed E-state index contributed by atoms with van der Waals surface area (Å²) in [5.41, 5.74) is -0.939. The van der Waals surface area contributed by atoms with Gasteiger partial charge in [0.15, 0.2) is 6.10 Å². The number of hydrogen-bond donors (Lipinski definition) is 1. The normalized spacial score (nSPS) is 11.6. The Morgan fingerprint density at radius 2 is 2.05 bits per heavy atom. The number of rotatable bonds is 5. The molecule has 1 unspecified atom stereocenters. The zero-order valence-corrected chi connectivity index (χ0v) is 11.2. The van der Waals surface area contributed by atoms with Crippen molar-refractivity contribution in [3.8, 4) is 5.75 Å². The van der Waals surface area contributed by atoms with E-state index in [-0.39, 0.29) is 10.6 Å². The Bertz CT molecular complexity index is 572. The maximum Gasteiger partial charge on any atom is 0.344 e. The van der Waals surface area contributed by atoms with Gasteiger partial charge < -0.3 is 14.6 Å². The number of carbonyl (C=O) groups is 2. The van der Waals surface area contributed by atoms with Crippen LogP contribution < -0.4 is 4.74 Å². The summed E-state index contributed by atoms with van der Waals surface area (Å²) < 4.78 is 9.44. The number of ether oxygens (including phenoxy) is 2. The van der Waals surface area contributed by atoms with Crippen molar-refractivity contribution >= 4 is 29.2 Å². The first kappa shape index (κ1) is 15.7. The lowest BCUT2D eigenvalue weighted by molar-refractivity contribution is -0.386. The van der Waals surface area contributed by atoms with Crippen molar-refractivity contribution in [3.05, 3.63) is 32.8 Å². The van der Waals surface area contributed by atoms with E-state index in [1.54, 1.807) is 0 Å². The number of carbonyl (C=O) groups excluding carboxylic acids is 1. The van der Waals surface area contributed by atoms with Crippen LogP contribution in [0.3, 0.4) is 0 Å². The Hall–Kier alpha value is -2.35. The van der Waals surface area contributed by atoms with E-state index in [2.05, 4.69) is 4.74 Å². The summed E-state index contributed by atoms with van der Waals surface area (Å²) in [4.78, 5) is 32.5. The average molecular weight is 304 g/mol. The standard InChI is InChI=1S/C11H10ClNO7/c1-5(10(14)15)20-9-7(11(16)19-2)3-6(12)4-8(9)13(17)18/h3-5H,1-2H3,(H,14,15). The van der Waals surface area contributed by atoms with Crippen LogP contribution in [-0.2, 0) is 9.53 Å². The van der Waals surface area contributed by atoms with Gasteiger partial charge in [-0.2, -0.15) is 0 Å². The molecule has 1 rings (SSSR count). The molecule has 0 aliphatic rings. The first-order valence-electron chi connectivity index (χ1n) is 5.23. The lowest BCUT2D eigenvalue weighted by atomic mass is 10.1. The molecular weight excluding hydrogens is 294 g/mol. The molecule has 0 aliphatic heterocycles. The number of aliphatic carboxylic acids is 1. The summed E-state index contributed by atoms with van der Waals surface area (Å²) in [6.07, 6.45) is -1.39. The van der Waals surface area contributed by atoms with Crippen molar-refractivity contribution < 1.29 is 29.1 Å². The van der Waals surface area contributed by atoms with Gasteiger partial charge in [-0.25, -0.2) is 9.59 Å². The minimum atomic E-state index is -1.39. The third-order valence-electron chi connectivity index (χ3n) is 2.28. The van der Waals surface area contributed by atoms with Gasteiger partial charge in [0.1, 0.15) is 5.56 Å². The number of nitro benzene ring substituents is 1. The van der Waals surface area contributed by atoms with Crippen LogP contribution in [0.25, 0.3) is 0 Å². The summed E-state index contributed by atoms with van der Waals surface area (Å²) >= 11 is 5.68. The fourth-order valence-corrected chi connectivity index (χ4v) is 1.54. The Labute approximate surface area is 118 Å². The van der Waals surface area contributed by atoms with Crippen molar-refractivity contribution in [2.24, 2.45) is 0 Å². The predicted molar refractivity (Wildman–Crippen MR) is 67.2 cm³/mol. The quantitative estimate of drug-likeness (QED) is 0.501. The summed E-state index contributed by atoms with van der Waals surface area (Å²) in [5.74, 6) is -2.77. The van der Waals surface area contributed by atoms with Crippen LogP contribution in [-0.4, -0.2) is 35.2 Å². The van der Waals surface area contributed by atoms with E-state index in [9.17, 15) is 19.7 Å². The van der Waals surface area contributed by atoms with Crippen LogP contribution in [0, 0.1) is 10.1 Å². The molecule has 1 aromatic carbocycles. The Morgan fingerprint density at radius 3 is 2.50 bits per heavy atom. The van der Waals surface area contributed by atoms with Gasteiger partial charge in [-0.1, -0.05) is 11.6 Å². The van der Waals surface area contributed by atoms with Crippen molar-refractivity contribution in [2.75, 3.05) is 7.11 Å². The molecule has 9 heteroatoms. The van der Waals surface area contributed by atoms with Crippen molar-refractivity contribution in [3.63, 3.8) is 0 Å². The highest BCUT2D eigenvalue weighted by Crippen LogP contribution is 2.35. The number of carboxylic acid groups (broad SMARTS) is 1. The van der Waals surface area contributed by atoms with Gasteiger partial charge in [-0.05, 0) is 13.0 Å². The van der Waals surface area contributed by atoms with Gasteiger partial charge >= 0.3 is 17.6 Å². The molecule has 108 valence electrons. The van der Waals surface area contributed by atoms with Crippen LogP contribution >= 0.6 is 11.6 Å². The number of carboxylic acids is 1. The molecule has 0 aliphatic carbocycles. The van der Waals surface area contributed by atoms with Gasteiger partial charge in [0, 0.05) is 11.1 Å². The summed E-state index contributed by atoms with van der Waals surface area (Å²) in [6, 6.07) is 2.06. The number of methoxy groups -OCH3 is 1. The molecule has 1 N–H and O–H groups in total. The van der Waals surface area contributed by atoms with Crippen LogP contribution in [0.4, 0.5) is 5.69 Å². The van der Waals surface area contributed by atoms with Crippen LogP contribution in [0.15, 0.2) is 12.1 Å². The van der Waals surface area contributed by atoms with E-state index in [0.29, 0.717) is 0 Å². The molecule has 0 fully saturated rings. The first-order valence-corrected chi connectivity index (χ1v) is 5.61. The number of hydrogen-bond acceptors (Lipinski definition) is 6. The van der Waals surface area contributed by atoms with E-state index in [1.165, 1.54) is 6.92 Å². The van der Waals surface area contributed by atoms with Crippen LogP contribution in [0.1, 0.15) is 17.3 Å². The average Bonchev–Trinajstić information content (AvgIpc) is 2.38. The molecule has 0 spiro atoms. The maximum absolute atomic E-state index is 11.6. The highest BCUT2D eigenvalue weighted by molar-refractivity contribution is 6.31.